The van der Waals surface area contributed by atoms with Gasteiger partial charge in [-0.15, -0.1) is 24.8 Å². The number of nitrogens with two attached hydrogens (primary N) is 1. The summed E-state index contributed by atoms with van der Waals surface area (Å²) >= 11 is 0. The summed E-state index contributed by atoms with van der Waals surface area (Å²) < 4.78 is 39.9. The van der Waals surface area contributed by atoms with Crippen molar-refractivity contribution in [3.63, 3.8) is 0 Å². The number of benzene rings is 1. The molecule has 1 aliphatic heterocycles. The molecule has 150 valence electrons. The molecule has 3 N–H and O–H groups in total. The maximum absolute atomic E-state index is 13.3. The molecule has 9 heteroatoms. The number of hydrogen-bond donors (Lipinski definition) is 2. The summed E-state index contributed by atoms with van der Waals surface area (Å²) in [4.78, 5) is 14.0. The van der Waals surface area contributed by atoms with Crippen LogP contribution in [0.5, 0.6) is 0 Å². The summed E-state index contributed by atoms with van der Waals surface area (Å²) in [6.45, 7) is 2.62. The van der Waals surface area contributed by atoms with E-state index in [1.165, 1.54) is 12.1 Å². The predicted molar refractivity (Wildman–Crippen MR) is 101 cm³/mol. The molecular weight excluding hydrogens is 390 g/mol. The molecule has 3 atom stereocenters. The zero-order valence-corrected chi connectivity index (χ0v) is 16.2. The number of nitrogens with one attached hydrogen (secondary N) is 1. The van der Waals surface area contributed by atoms with E-state index in [1.54, 1.807) is 23.1 Å². The van der Waals surface area contributed by atoms with Crippen molar-refractivity contribution in [2.75, 3.05) is 19.6 Å². The summed E-state index contributed by atoms with van der Waals surface area (Å²) in [5, 5.41) is 2.37. The summed E-state index contributed by atoms with van der Waals surface area (Å²) in [7, 11) is 0. The molecule has 1 heterocycles. The highest BCUT2D eigenvalue weighted by atomic mass is 35.5. The molecule has 0 aromatic heterocycles. The van der Waals surface area contributed by atoms with Gasteiger partial charge in [-0.25, -0.2) is 0 Å². The number of amides is 1. The minimum absolute atomic E-state index is 0. The lowest BCUT2D eigenvalue weighted by atomic mass is 9.92. The Morgan fingerprint density at radius 3 is 2.46 bits per heavy atom. The van der Waals surface area contributed by atoms with Crippen LogP contribution in [0.4, 0.5) is 13.2 Å². The third-order valence-electron chi connectivity index (χ3n) is 4.49. The van der Waals surface area contributed by atoms with Crippen LogP contribution in [-0.4, -0.2) is 42.7 Å². The van der Waals surface area contributed by atoms with Gasteiger partial charge in [0.2, 0.25) is 5.91 Å². The molecule has 2 rings (SSSR count). The molecule has 0 spiro atoms. The highest BCUT2D eigenvalue weighted by Crippen LogP contribution is 2.32. The topological polar surface area (TPSA) is 58.4 Å². The van der Waals surface area contributed by atoms with Crippen LogP contribution in [0.25, 0.3) is 0 Å². The van der Waals surface area contributed by atoms with Crippen molar-refractivity contribution in [1.29, 1.82) is 0 Å². The Kier molecular flexibility index (Phi) is 10.5. The second-order valence-corrected chi connectivity index (χ2v) is 6.37. The first-order valence-electron chi connectivity index (χ1n) is 8.17. The van der Waals surface area contributed by atoms with Crippen molar-refractivity contribution in [2.24, 2.45) is 11.7 Å². The molecule has 4 nitrogen and oxygen atoms in total. The highest BCUT2D eigenvalue weighted by Gasteiger charge is 2.41. The molecule has 1 fully saturated rings. The minimum atomic E-state index is -4.47. The zero-order valence-electron chi connectivity index (χ0n) is 14.5. The fourth-order valence-corrected chi connectivity index (χ4v) is 3.16. The SMILES string of the molecule is CC1CCN(C(=O)CNC(c2ccccc2)C(F)(F)F)C(CN)C1.Cl.Cl. The monoisotopic (exact) mass is 415 g/mol. The van der Waals surface area contributed by atoms with E-state index < -0.39 is 12.2 Å². The molecule has 1 aromatic carbocycles. The normalized spacial score (nSPS) is 21.3. The van der Waals surface area contributed by atoms with Gasteiger partial charge < -0.3 is 10.6 Å². The number of carbonyl (C=O) groups is 1. The van der Waals surface area contributed by atoms with E-state index in [-0.39, 0.29) is 48.9 Å². The second-order valence-electron chi connectivity index (χ2n) is 6.37. The Hall–Kier alpha value is -1.02. The lowest BCUT2D eigenvalue weighted by Gasteiger charge is -2.38. The number of hydrogen-bond acceptors (Lipinski definition) is 3. The van der Waals surface area contributed by atoms with Crippen LogP contribution in [0.15, 0.2) is 30.3 Å². The van der Waals surface area contributed by atoms with E-state index in [0.717, 1.165) is 12.8 Å². The molecule has 1 aliphatic rings. The van der Waals surface area contributed by atoms with Crippen LogP contribution in [0.3, 0.4) is 0 Å². The van der Waals surface area contributed by atoms with Crippen LogP contribution in [0.2, 0.25) is 0 Å². The van der Waals surface area contributed by atoms with E-state index in [0.29, 0.717) is 19.0 Å². The van der Waals surface area contributed by atoms with Crippen LogP contribution in [0, 0.1) is 5.92 Å². The first-order valence-corrected chi connectivity index (χ1v) is 8.17. The number of rotatable bonds is 5. The zero-order chi connectivity index (χ0) is 17.7. The molecule has 1 aromatic rings. The first-order chi connectivity index (χ1) is 11.3. The largest absolute Gasteiger partial charge is 0.407 e. The van der Waals surface area contributed by atoms with Gasteiger partial charge >= 0.3 is 6.18 Å². The molecule has 3 unspecified atom stereocenters. The van der Waals surface area contributed by atoms with Gasteiger partial charge in [0.1, 0.15) is 6.04 Å². The van der Waals surface area contributed by atoms with Gasteiger partial charge in [-0.2, -0.15) is 13.2 Å². The van der Waals surface area contributed by atoms with E-state index >= 15 is 0 Å². The first kappa shape index (κ1) is 25.0. The maximum atomic E-state index is 13.3. The summed E-state index contributed by atoms with van der Waals surface area (Å²) in [5.74, 6) is 0.144. The van der Waals surface area contributed by atoms with Gasteiger partial charge in [0, 0.05) is 19.1 Å². The Morgan fingerprint density at radius 2 is 1.92 bits per heavy atom. The highest BCUT2D eigenvalue weighted by molar-refractivity contribution is 5.85. The second kappa shape index (κ2) is 11.0. The van der Waals surface area contributed by atoms with Crippen molar-refractivity contribution in [3.05, 3.63) is 35.9 Å². The fourth-order valence-electron chi connectivity index (χ4n) is 3.16. The number of likely N-dealkylation sites (tertiary alicyclic amines) is 1. The fraction of sp³-hybridized carbons (Fsp3) is 0.588. The molecule has 0 aliphatic carbocycles. The molecule has 0 radical (unpaired) electrons. The molecule has 0 saturated carbocycles. The maximum Gasteiger partial charge on any atom is 0.407 e. The van der Waals surface area contributed by atoms with E-state index in [9.17, 15) is 18.0 Å². The Labute approximate surface area is 164 Å². The summed E-state index contributed by atoms with van der Waals surface area (Å²) in [6, 6.07) is 5.61. The van der Waals surface area contributed by atoms with Gasteiger partial charge in [-0.3, -0.25) is 10.1 Å². The molecule has 26 heavy (non-hydrogen) atoms. The summed E-state index contributed by atoms with van der Waals surface area (Å²) in [5.41, 5.74) is 5.81. The Bertz CT molecular complexity index is 546. The Morgan fingerprint density at radius 1 is 1.31 bits per heavy atom. The molecule has 0 bridgehead atoms. The van der Waals surface area contributed by atoms with Crippen LogP contribution >= 0.6 is 24.8 Å². The van der Waals surface area contributed by atoms with Crippen molar-refractivity contribution in [2.45, 2.75) is 38.0 Å². The van der Waals surface area contributed by atoms with Gasteiger partial charge in [0.15, 0.2) is 0 Å². The lowest BCUT2D eigenvalue weighted by molar-refractivity contribution is -0.159. The van der Waals surface area contributed by atoms with E-state index in [4.69, 9.17) is 5.73 Å². The lowest BCUT2D eigenvalue weighted by Crippen LogP contribution is -2.52. The average Bonchev–Trinajstić information content (AvgIpc) is 2.54. The van der Waals surface area contributed by atoms with Crippen molar-refractivity contribution in [1.82, 2.24) is 10.2 Å². The van der Waals surface area contributed by atoms with E-state index in [2.05, 4.69) is 12.2 Å². The van der Waals surface area contributed by atoms with Crippen LogP contribution in [0.1, 0.15) is 31.4 Å². The van der Waals surface area contributed by atoms with Gasteiger partial charge in [-0.05, 0) is 24.3 Å². The quantitative estimate of drug-likeness (QED) is 0.775. The smallest absolute Gasteiger partial charge is 0.337 e. The third-order valence-corrected chi connectivity index (χ3v) is 4.49. The van der Waals surface area contributed by atoms with Crippen LogP contribution in [-0.2, 0) is 4.79 Å². The standard InChI is InChI=1S/C17H24F3N3O.2ClH/c1-12-7-8-23(14(9-12)10-21)15(24)11-22-16(17(18,19)20)13-5-3-2-4-6-13;;/h2-6,12,14,16,22H,7-11,21H2,1H3;2*1H. The number of alkyl halides is 3. The van der Waals surface area contributed by atoms with Crippen LogP contribution < -0.4 is 11.1 Å². The number of nitrogens with zero attached hydrogens (tertiary/aromatic N) is 1. The molecule has 1 amide bonds. The third kappa shape index (κ3) is 6.61. The molecular formula is C17H26Cl2F3N3O. The predicted octanol–water partition coefficient (Wildman–Crippen LogP) is 3.31. The van der Waals surface area contributed by atoms with Crippen molar-refractivity contribution in [3.8, 4) is 0 Å². The number of piperidine rings is 1. The number of halogens is 5. The van der Waals surface area contributed by atoms with E-state index in [1.807, 2.05) is 0 Å². The minimum Gasteiger partial charge on any atom is -0.337 e. The molecule has 1 saturated heterocycles. The Balaban J connectivity index is 0.00000312. The van der Waals surface area contributed by atoms with Gasteiger partial charge in [0.25, 0.3) is 0 Å². The summed E-state index contributed by atoms with van der Waals surface area (Å²) in [6.07, 6.45) is -2.82. The van der Waals surface area contributed by atoms with Crippen molar-refractivity contribution >= 4 is 30.7 Å². The van der Waals surface area contributed by atoms with Gasteiger partial charge in [0.05, 0.1) is 6.54 Å². The average molecular weight is 416 g/mol. The van der Waals surface area contributed by atoms with Gasteiger partial charge in [-0.1, -0.05) is 37.3 Å². The van der Waals surface area contributed by atoms with Crippen molar-refractivity contribution < 1.29 is 18.0 Å². The number of carbonyl (C=O) groups excluding carboxylic acids is 1.